The van der Waals surface area contributed by atoms with Gasteiger partial charge in [-0.25, -0.2) is 4.79 Å². The van der Waals surface area contributed by atoms with Crippen molar-refractivity contribution in [3.63, 3.8) is 0 Å². The minimum atomic E-state index is -0.587. The van der Waals surface area contributed by atoms with Crippen LogP contribution in [0, 0.1) is 6.92 Å². The second kappa shape index (κ2) is 11.5. The van der Waals surface area contributed by atoms with Crippen molar-refractivity contribution in [2.24, 2.45) is 0 Å². The lowest BCUT2D eigenvalue weighted by Gasteiger charge is -2.16. The fourth-order valence-corrected chi connectivity index (χ4v) is 3.89. The maximum Gasteiger partial charge on any atom is 0.341 e. The SMILES string of the molecule is CCNC(=O)C[NH+](CC)CC(=O)Nc1sc(C(=O)N(C)C)c(C)c1C(=O)OCC. The first-order valence-electron chi connectivity index (χ1n) is 9.58. The molecule has 0 aromatic carbocycles. The van der Waals surface area contributed by atoms with Crippen LogP contribution in [-0.4, -0.2) is 75.5 Å². The first-order chi connectivity index (χ1) is 13.7. The lowest BCUT2D eigenvalue weighted by atomic mass is 10.1. The Morgan fingerprint density at radius 1 is 1.07 bits per heavy atom. The highest BCUT2D eigenvalue weighted by Crippen LogP contribution is 2.34. The summed E-state index contributed by atoms with van der Waals surface area (Å²) >= 11 is 1.05. The van der Waals surface area contributed by atoms with E-state index in [1.165, 1.54) is 4.90 Å². The molecule has 10 heteroatoms. The number of esters is 1. The number of thiophene rings is 1. The Morgan fingerprint density at radius 3 is 2.21 bits per heavy atom. The van der Waals surface area contributed by atoms with Crippen LogP contribution in [0.5, 0.6) is 0 Å². The maximum absolute atomic E-state index is 12.6. The van der Waals surface area contributed by atoms with Gasteiger partial charge in [0.25, 0.3) is 17.7 Å². The first kappa shape index (κ1) is 24.6. The van der Waals surface area contributed by atoms with Gasteiger partial charge < -0.3 is 25.2 Å². The number of hydrogen-bond acceptors (Lipinski definition) is 6. The highest BCUT2D eigenvalue weighted by Gasteiger charge is 2.28. The van der Waals surface area contributed by atoms with Gasteiger partial charge in [0, 0.05) is 20.6 Å². The molecule has 1 heterocycles. The van der Waals surface area contributed by atoms with Gasteiger partial charge in [0.2, 0.25) is 0 Å². The monoisotopic (exact) mass is 427 g/mol. The second-order valence-electron chi connectivity index (χ2n) is 6.64. The summed E-state index contributed by atoms with van der Waals surface area (Å²) in [6.45, 7) is 8.60. The number of nitrogens with zero attached hydrogens (tertiary/aromatic N) is 1. The van der Waals surface area contributed by atoms with E-state index in [1.54, 1.807) is 27.9 Å². The molecule has 0 radical (unpaired) electrons. The topological polar surface area (TPSA) is 109 Å². The number of likely N-dealkylation sites (N-methyl/N-ethyl adjacent to an activating group) is 2. The molecule has 0 aliphatic heterocycles. The van der Waals surface area contributed by atoms with Crippen LogP contribution < -0.4 is 15.5 Å². The summed E-state index contributed by atoms with van der Waals surface area (Å²) in [7, 11) is 3.24. The van der Waals surface area contributed by atoms with E-state index in [0.717, 1.165) is 16.2 Å². The van der Waals surface area contributed by atoms with Crippen molar-refractivity contribution in [1.29, 1.82) is 0 Å². The van der Waals surface area contributed by atoms with Crippen LogP contribution >= 0.6 is 11.3 Å². The predicted octanol–water partition coefficient (Wildman–Crippen LogP) is -0.0856. The summed E-state index contributed by atoms with van der Waals surface area (Å²) in [6, 6.07) is 0. The van der Waals surface area contributed by atoms with Gasteiger partial charge in [0.15, 0.2) is 13.1 Å². The molecular weight excluding hydrogens is 396 g/mol. The number of nitrogens with one attached hydrogen (secondary N) is 3. The van der Waals surface area contributed by atoms with Crippen molar-refractivity contribution in [3.05, 3.63) is 16.0 Å². The summed E-state index contributed by atoms with van der Waals surface area (Å²) < 4.78 is 5.10. The van der Waals surface area contributed by atoms with E-state index in [1.807, 2.05) is 13.8 Å². The van der Waals surface area contributed by atoms with Crippen LogP contribution in [0.4, 0.5) is 5.00 Å². The van der Waals surface area contributed by atoms with Crippen molar-refractivity contribution in [3.8, 4) is 0 Å². The van der Waals surface area contributed by atoms with E-state index in [-0.39, 0.29) is 48.0 Å². The van der Waals surface area contributed by atoms with Gasteiger partial charge >= 0.3 is 5.97 Å². The molecule has 1 aromatic rings. The average molecular weight is 428 g/mol. The second-order valence-corrected chi connectivity index (χ2v) is 7.66. The molecule has 0 saturated heterocycles. The third kappa shape index (κ3) is 6.82. The Labute approximate surface area is 175 Å². The predicted molar refractivity (Wildman–Crippen MR) is 112 cm³/mol. The van der Waals surface area contributed by atoms with E-state index < -0.39 is 5.97 Å². The molecule has 1 aromatic heterocycles. The van der Waals surface area contributed by atoms with E-state index in [0.29, 0.717) is 23.5 Å². The van der Waals surface area contributed by atoms with Crippen LogP contribution in [0.1, 0.15) is 46.4 Å². The molecule has 0 aliphatic rings. The van der Waals surface area contributed by atoms with Gasteiger partial charge in [0.1, 0.15) is 5.00 Å². The minimum Gasteiger partial charge on any atom is -0.462 e. The molecule has 3 amide bonds. The fourth-order valence-electron chi connectivity index (χ4n) is 2.65. The first-order valence-corrected chi connectivity index (χ1v) is 10.4. The molecule has 9 nitrogen and oxygen atoms in total. The number of carbonyl (C=O) groups excluding carboxylic acids is 4. The quantitative estimate of drug-likeness (QED) is 0.453. The number of ether oxygens (including phenoxy) is 1. The van der Waals surface area contributed by atoms with Crippen LogP contribution in [0.25, 0.3) is 0 Å². The number of quaternary nitrogens is 1. The standard InChI is InChI=1S/C19H30N4O5S/c1-7-20-13(24)10-23(8-2)11-14(25)21-17-15(19(27)28-9-3)12(4)16(29-17)18(26)22(5)6/h7-11H2,1-6H3,(H,20,24)(H,21,25)/p+1. The Kier molecular flexibility index (Phi) is 9.76. The third-order valence-corrected chi connectivity index (χ3v) is 5.37. The van der Waals surface area contributed by atoms with E-state index >= 15 is 0 Å². The number of hydrogen-bond donors (Lipinski definition) is 3. The van der Waals surface area contributed by atoms with E-state index in [2.05, 4.69) is 10.6 Å². The van der Waals surface area contributed by atoms with Gasteiger partial charge in [-0.15, -0.1) is 11.3 Å². The lowest BCUT2D eigenvalue weighted by Crippen LogP contribution is -3.14. The highest BCUT2D eigenvalue weighted by atomic mass is 32.1. The van der Waals surface area contributed by atoms with Crippen LogP contribution in [0.3, 0.4) is 0 Å². The Bertz CT molecular complexity index is 760. The number of anilines is 1. The van der Waals surface area contributed by atoms with Crippen molar-refractivity contribution >= 4 is 40.0 Å². The zero-order valence-electron chi connectivity index (χ0n) is 17.9. The fraction of sp³-hybridized carbons (Fsp3) is 0.579. The van der Waals surface area contributed by atoms with Gasteiger partial charge in [-0.1, -0.05) is 0 Å². The van der Waals surface area contributed by atoms with Crippen molar-refractivity contribution in [2.45, 2.75) is 27.7 Å². The molecule has 1 unspecified atom stereocenters. The van der Waals surface area contributed by atoms with E-state index in [9.17, 15) is 19.2 Å². The smallest absolute Gasteiger partial charge is 0.341 e. The zero-order valence-corrected chi connectivity index (χ0v) is 18.7. The number of amides is 3. The molecule has 0 spiro atoms. The third-order valence-electron chi connectivity index (χ3n) is 4.17. The molecule has 0 bridgehead atoms. The van der Waals surface area contributed by atoms with Gasteiger partial charge in [-0.3, -0.25) is 14.4 Å². The maximum atomic E-state index is 12.6. The van der Waals surface area contributed by atoms with Crippen molar-refractivity contribution in [1.82, 2.24) is 10.2 Å². The highest BCUT2D eigenvalue weighted by molar-refractivity contribution is 7.18. The summed E-state index contributed by atoms with van der Waals surface area (Å²) in [5.41, 5.74) is 0.668. The molecular formula is C19H31N4O5S+. The number of rotatable bonds is 10. The van der Waals surface area contributed by atoms with Crippen LogP contribution in [0.15, 0.2) is 0 Å². The normalized spacial score (nSPS) is 11.5. The average Bonchev–Trinajstić information content (AvgIpc) is 2.96. The van der Waals surface area contributed by atoms with Gasteiger partial charge in [0.05, 0.1) is 23.6 Å². The minimum absolute atomic E-state index is 0.0593. The Morgan fingerprint density at radius 2 is 1.69 bits per heavy atom. The molecule has 0 aliphatic carbocycles. The molecule has 1 rings (SSSR count). The number of carbonyl (C=O) groups is 4. The van der Waals surface area contributed by atoms with Gasteiger partial charge in [-0.2, -0.15) is 0 Å². The van der Waals surface area contributed by atoms with E-state index in [4.69, 9.17) is 4.74 Å². The molecule has 0 fully saturated rings. The molecule has 0 saturated carbocycles. The van der Waals surface area contributed by atoms with Gasteiger partial charge in [-0.05, 0) is 33.3 Å². The summed E-state index contributed by atoms with van der Waals surface area (Å²) in [4.78, 5) is 51.8. The lowest BCUT2D eigenvalue weighted by molar-refractivity contribution is -0.881. The summed E-state index contributed by atoms with van der Waals surface area (Å²) in [5.74, 6) is -1.32. The summed E-state index contributed by atoms with van der Waals surface area (Å²) in [6.07, 6.45) is 0. The Hall–Kier alpha value is -2.46. The zero-order chi connectivity index (χ0) is 22.1. The molecule has 29 heavy (non-hydrogen) atoms. The summed E-state index contributed by atoms with van der Waals surface area (Å²) in [5, 5.41) is 5.72. The molecule has 162 valence electrons. The Balaban J connectivity index is 3.07. The van der Waals surface area contributed by atoms with Crippen molar-refractivity contribution < 1.29 is 28.8 Å². The largest absolute Gasteiger partial charge is 0.462 e. The van der Waals surface area contributed by atoms with Crippen LogP contribution in [-0.2, 0) is 14.3 Å². The van der Waals surface area contributed by atoms with Crippen LogP contribution in [0.2, 0.25) is 0 Å². The molecule has 3 N–H and O–H groups in total. The van der Waals surface area contributed by atoms with Crippen molar-refractivity contribution in [2.75, 3.05) is 52.2 Å². The molecule has 1 atom stereocenters.